The number of thiophene rings is 1. The van der Waals surface area contributed by atoms with Gasteiger partial charge in [-0.15, -0.1) is 11.3 Å². The van der Waals surface area contributed by atoms with E-state index in [4.69, 9.17) is 4.99 Å². The maximum absolute atomic E-state index is 13.6. The Hall–Kier alpha value is -2.00. The first-order chi connectivity index (χ1) is 17.1. The van der Waals surface area contributed by atoms with Crippen molar-refractivity contribution in [3.8, 4) is 0 Å². The molecule has 9 heteroatoms. The molecule has 4 rings (SSSR count). The topological polar surface area (TPSA) is 102 Å². The molecular weight excluding hydrogens is 497 g/mol. The van der Waals surface area contributed by atoms with E-state index in [0.29, 0.717) is 30.2 Å². The quantitative estimate of drug-likeness (QED) is 0.499. The Morgan fingerprint density at radius 2 is 1.84 bits per heavy atom. The van der Waals surface area contributed by atoms with Crippen molar-refractivity contribution in [1.29, 1.82) is 0 Å². The van der Waals surface area contributed by atoms with Crippen molar-refractivity contribution in [1.82, 2.24) is 10.2 Å². The average Bonchev–Trinajstić information content (AvgIpc) is 3.45. The van der Waals surface area contributed by atoms with E-state index in [0.717, 1.165) is 36.1 Å². The van der Waals surface area contributed by atoms with Crippen molar-refractivity contribution >= 4 is 34.8 Å². The Labute approximate surface area is 245 Å². The minimum Gasteiger partial charge on any atom is -0.550 e. The number of hydrogen-bond donors (Lipinski definition) is 1. The second kappa shape index (κ2) is 12.2. The number of nitrogens with one attached hydrogen (secondary N) is 1. The number of benzene rings is 1. The largest absolute Gasteiger partial charge is 1.00 e. The van der Waals surface area contributed by atoms with Gasteiger partial charge in [0.05, 0.1) is 4.88 Å². The number of carboxylic acids is 1. The number of carbonyl (C=O) groups excluding carboxylic acids is 3. The van der Waals surface area contributed by atoms with Crippen LogP contribution >= 0.6 is 11.3 Å². The van der Waals surface area contributed by atoms with Gasteiger partial charge in [0.1, 0.15) is 11.4 Å². The molecular formula is C28H34N3NaO4S. The van der Waals surface area contributed by atoms with Crippen molar-refractivity contribution in [3.05, 3.63) is 57.8 Å². The van der Waals surface area contributed by atoms with Gasteiger partial charge in [0.15, 0.2) is 0 Å². The van der Waals surface area contributed by atoms with E-state index in [-0.39, 0.29) is 59.8 Å². The van der Waals surface area contributed by atoms with Crippen LogP contribution in [0.15, 0.2) is 46.8 Å². The normalized spacial score (nSPS) is 21.5. The number of aliphatic imine (C=N–C) groups is 1. The van der Waals surface area contributed by atoms with E-state index in [1.165, 1.54) is 0 Å². The van der Waals surface area contributed by atoms with Gasteiger partial charge in [0, 0.05) is 31.0 Å². The molecule has 1 aliphatic carbocycles. The van der Waals surface area contributed by atoms with Gasteiger partial charge in [-0.2, -0.15) is 0 Å². The van der Waals surface area contributed by atoms with E-state index in [1.807, 2.05) is 34.5 Å². The smallest absolute Gasteiger partial charge is 0.550 e. The van der Waals surface area contributed by atoms with Crippen LogP contribution in [0.25, 0.3) is 0 Å². The monoisotopic (exact) mass is 531 g/mol. The Morgan fingerprint density at radius 1 is 1.16 bits per heavy atom. The number of nitrogens with zero attached hydrogens (tertiary/aromatic N) is 2. The molecule has 1 aromatic heterocycles. The Morgan fingerprint density at radius 3 is 2.41 bits per heavy atom. The average molecular weight is 532 g/mol. The summed E-state index contributed by atoms with van der Waals surface area (Å²) in [7, 11) is 0. The Bertz CT molecular complexity index is 1130. The molecule has 192 valence electrons. The summed E-state index contributed by atoms with van der Waals surface area (Å²) in [5.74, 6) is -0.888. The molecule has 1 spiro atoms. The second-order valence-electron chi connectivity index (χ2n) is 10.8. The number of carboxylic acid groups (broad SMARTS) is 1. The summed E-state index contributed by atoms with van der Waals surface area (Å²) in [5.41, 5.74) is 1.85. The van der Waals surface area contributed by atoms with Crippen molar-refractivity contribution in [2.45, 2.75) is 65.0 Å². The first kappa shape index (κ1) is 29.6. The third kappa shape index (κ3) is 6.91. The van der Waals surface area contributed by atoms with Crippen molar-refractivity contribution in [2.75, 3.05) is 13.1 Å². The van der Waals surface area contributed by atoms with Crippen molar-refractivity contribution in [3.63, 3.8) is 0 Å². The summed E-state index contributed by atoms with van der Waals surface area (Å²) in [6.07, 6.45) is 4.30. The maximum Gasteiger partial charge on any atom is 1.00 e. The zero-order valence-corrected chi connectivity index (χ0v) is 25.0. The molecule has 7 nitrogen and oxygen atoms in total. The maximum atomic E-state index is 13.6. The minimum atomic E-state index is -1.20. The third-order valence-corrected chi connectivity index (χ3v) is 8.37. The molecule has 0 unspecified atom stereocenters. The van der Waals surface area contributed by atoms with Crippen LogP contribution in [0.1, 0.15) is 73.7 Å². The molecule has 1 N–H and O–H groups in total. The van der Waals surface area contributed by atoms with Crippen LogP contribution in [0.3, 0.4) is 0 Å². The summed E-state index contributed by atoms with van der Waals surface area (Å²) in [6.45, 7) is 7.47. The number of amides is 2. The molecule has 0 bridgehead atoms. The molecule has 0 saturated heterocycles. The standard InChI is InChI=1S/C28H35N3O4S.Na/c1-27(2,3)21-10-14-28(15-11-21)30-24(22-5-4-18-36-22)26(35)31(28)17-13-19-6-8-20(9-7-19)25(34)29-16-12-23(32)33;/h4-9,18,21H,10-17H2,1-3H3,(H,29,34)(H,32,33);/q;+1/p-1. The third-order valence-electron chi connectivity index (χ3n) is 7.49. The summed E-state index contributed by atoms with van der Waals surface area (Å²) in [6, 6.07) is 11.2. The molecule has 2 heterocycles. The number of rotatable bonds is 8. The minimum absolute atomic E-state index is 0. The molecule has 0 radical (unpaired) electrons. The van der Waals surface area contributed by atoms with Gasteiger partial charge in [0.25, 0.3) is 11.8 Å². The first-order valence-corrected chi connectivity index (χ1v) is 13.5. The summed E-state index contributed by atoms with van der Waals surface area (Å²) >= 11 is 1.55. The number of aliphatic carboxylic acids is 1. The Kier molecular flexibility index (Phi) is 9.78. The van der Waals surface area contributed by atoms with Gasteiger partial charge in [-0.05, 0) is 72.6 Å². The number of carbonyl (C=O) groups is 3. The molecule has 1 saturated carbocycles. The van der Waals surface area contributed by atoms with E-state index >= 15 is 0 Å². The van der Waals surface area contributed by atoms with Crippen molar-refractivity contribution < 1.29 is 49.0 Å². The molecule has 1 aliphatic heterocycles. The molecule has 37 heavy (non-hydrogen) atoms. The molecule has 2 amide bonds. The van der Waals surface area contributed by atoms with Gasteiger partial charge >= 0.3 is 29.6 Å². The van der Waals surface area contributed by atoms with Crippen LogP contribution in [0.2, 0.25) is 0 Å². The number of hydrogen-bond acceptors (Lipinski definition) is 6. The fourth-order valence-electron chi connectivity index (χ4n) is 5.29. The van der Waals surface area contributed by atoms with Gasteiger partial charge in [0.2, 0.25) is 0 Å². The molecule has 2 aliphatic rings. The van der Waals surface area contributed by atoms with Crippen LogP contribution in [0.5, 0.6) is 0 Å². The fourth-order valence-corrected chi connectivity index (χ4v) is 5.99. The molecule has 2 aromatic rings. The summed E-state index contributed by atoms with van der Waals surface area (Å²) in [5, 5.41) is 15.1. The SMILES string of the molecule is CC(C)(C)C1CCC2(CC1)N=C(c1cccs1)C(=O)N2CCc1ccc(C(=O)NCCC(=O)[O-])cc1.[Na+]. The van der Waals surface area contributed by atoms with Gasteiger partial charge in [-0.1, -0.05) is 39.0 Å². The van der Waals surface area contributed by atoms with E-state index in [9.17, 15) is 19.5 Å². The van der Waals surface area contributed by atoms with Crippen LogP contribution in [0, 0.1) is 11.3 Å². The Balaban J connectivity index is 0.00000380. The van der Waals surface area contributed by atoms with Gasteiger partial charge < -0.3 is 20.1 Å². The summed E-state index contributed by atoms with van der Waals surface area (Å²) in [4.78, 5) is 44.3. The second-order valence-corrected chi connectivity index (χ2v) is 11.8. The van der Waals surface area contributed by atoms with Crippen LogP contribution in [-0.4, -0.2) is 47.1 Å². The van der Waals surface area contributed by atoms with E-state index < -0.39 is 11.6 Å². The molecule has 1 aromatic carbocycles. The van der Waals surface area contributed by atoms with E-state index in [2.05, 4.69) is 26.1 Å². The molecule has 0 atom stereocenters. The van der Waals surface area contributed by atoms with Crippen LogP contribution < -0.4 is 40.0 Å². The predicted molar refractivity (Wildman–Crippen MR) is 139 cm³/mol. The summed E-state index contributed by atoms with van der Waals surface area (Å²) < 4.78 is 0. The van der Waals surface area contributed by atoms with Gasteiger partial charge in [-0.25, -0.2) is 0 Å². The first-order valence-electron chi connectivity index (χ1n) is 12.6. The predicted octanol–water partition coefficient (Wildman–Crippen LogP) is 0.429. The van der Waals surface area contributed by atoms with Crippen molar-refractivity contribution in [2.24, 2.45) is 16.3 Å². The molecule has 1 fully saturated rings. The van der Waals surface area contributed by atoms with Crippen LogP contribution in [0.4, 0.5) is 0 Å². The zero-order chi connectivity index (χ0) is 25.9. The zero-order valence-electron chi connectivity index (χ0n) is 22.2. The fraction of sp³-hybridized carbons (Fsp3) is 0.500. The van der Waals surface area contributed by atoms with E-state index in [1.54, 1.807) is 23.5 Å². The van der Waals surface area contributed by atoms with Crippen LogP contribution in [-0.2, 0) is 16.0 Å². The van der Waals surface area contributed by atoms with Gasteiger partial charge in [-0.3, -0.25) is 14.6 Å².